The second-order valence-electron chi connectivity index (χ2n) is 5.21. The van der Waals surface area contributed by atoms with Crippen molar-refractivity contribution in [1.29, 1.82) is 0 Å². The van der Waals surface area contributed by atoms with Gasteiger partial charge in [0.1, 0.15) is 11.5 Å². The Balaban J connectivity index is 2.41. The summed E-state index contributed by atoms with van der Waals surface area (Å²) in [4.78, 5) is 11.6. The van der Waals surface area contributed by atoms with Crippen molar-refractivity contribution in [1.82, 2.24) is 0 Å². The summed E-state index contributed by atoms with van der Waals surface area (Å²) in [6.07, 6.45) is 0.248. The zero-order chi connectivity index (χ0) is 19.3. The summed E-state index contributed by atoms with van der Waals surface area (Å²) in [6, 6.07) is 8.76. The van der Waals surface area contributed by atoms with Gasteiger partial charge < -0.3 is 14.8 Å². The van der Waals surface area contributed by atoms with Crippen molar-refractivity contribution in [2.45, 2.75) is 18.2 Å². The van der Waals surface area contributed by atoms with E-state index in [4.69, 9.17) is 21.1 Å². The predicted octanol–water partition coefficient (Wildman–Crippen LogP) is 3.51. The molecule has 0 saturated heterocycles. The van der Waals surface area contributed by atoms with Crippen LogP contribution in [0.3, 0.4) is 0 Å². The highest BCUT2D eigenvalue weighted by atomic mass is 35.5. The van der Waals surface area contributed by atoms with E-state index in [0.29, 0.717) is 16.5 Å². The fourth-order valence-electron chi connectivity index (χ4n) is 2.15. The van der Waals surface area contributed by atoms with E-state index in [0.717, 1.165) is 0 Å². The molecule has 2 aromatic rings. The van der Waals surface area contributed by atoms with Crippen LogP contribution in [0.25, 0.3) is 0 Å². The molecule has 0 aliphatic carbocycles. The van der Waals surface area contributed by atoms with E-state index in [9.17, 15) is 13.2 Å². The highest BCUT2D eigenvalue weighted by Crippen LogP contribution is 2.32. The summed E-state index contributed by atoms with van der Waals surface area (Å²) in [6.45, 7) is 1.69. The largest absolute Gasteiger partial charge is 0.495 e. The Morgan fingerprint density at radius 1 is 1.04 bits per heavy atom. The number of rotatable bonds is 7. The summed E-state index contributed by atoms with van der Waals surface area (Å²) in [5.74, 6) is 0.416. The fourth-order valence-corrected chi connectivity index (χ4v) is 3.41. The van der Waals surface area contributed by atoms with Gasteiger partial charge in [0, 0.05) is 11.4 Å². The molecular weight excluding hydrogens is 380 g/mol. The van der Waals surface area contributed by atoms with Crippen LogP contribution in [-0.2, 0) is 14.8 Å². The highest BCUT2D eigenvalue weighted by Gasteiger charge is 2.19. The van der Waals surface area contributed by atoms with Gasteiger partial charge in [0.05, 0.1) is 30.5 Å². The van der Waals surface area contributed by atoms with Crippen LogP contribution in [-0.4, -0.2) is 28.5 Å². The number of sulfonamides is 1. The summed E-state index contributed by atoms with van der Waals surface area (Å²) < 4.78 is 38.2. The third-order valence-electron chi connectivity index (χ3n) is 3.48. The molecule has 26 heavy (non-hydrogen) atoms. The third kappa shape index (κ3) is 4.59. The van der Waals surface area contributed by atoms with E-state index >= 15 is 0 Å². The van der Waals surface area contributed by atoms with Gasteiger partial charge in [-0.1, -0.05) is 18.5 Å². The zero-order valence-corrected chi connectivity index (χ0v) is 16.1. The number of hydrogen-bond acceptors (Lipinski definition) is 5. The normalized spacial score (nSPS) is 10.9. The number of nitrogens with one attached hydrogen (secondary N) is 2. The Labute approximate surface area is 157 Å². The van der Waals surface area contributed by atoms with Crippen LogP contribution < -0.4 is 19.5 Å². The van der Waals surface area contributed by atoms with Crippen molar-refractivity contribution in [3.63, 3.8) is 0 Å². The van der Waals surface area contributed by atoms with Gasteiger partial charge in [-0.25, -0.2) is 8.42 Å². The molecule has 9 heteroatoms. The maximum absolute atomic E-state index is 12.7. The molecule has 0 saturated carbocycles. The molecule has 0 aromatic heterocycles. The molecule has 0 radical (unpaired) electrons. The minimum Gasteiger partial charge on any atom is -0.495 e. The maximum Gasteiger partial charge on any atom is 0.262 e. The Morgan fingerprint density at radius 3 is 2.27 bits per heavy atom. The van der Waals surface area contributed by atoms with Gasteiger partial charge in [-0.2, -0.15) is 0 Å². The van der Waals surface area contributed by atoms with Crippen molar-refractivity contribution in [3.8, 4) is 11.5 Å². The number of ether oxygens (including phenoxy) is 2. The van der Waals surface area contributed by atoms with Crippen molar-refractivity contribution < 1.29 is 22.7 Å². The van der Waals surface area contributed by atoms with E-state index in [1.807, 2.05) is 0 Å². The Morgan fingerprint density at radius 2 is 1.65 bits per heavy atom. The number of hydrogen-bond donors (Lipinski definition) is 2. The number of carbonyl (C=O) groups excluding carboxylic acids is 1. The summed E-state index contributed by atoms with van der Waals surface area (Å²) in [5, 5.41) is 2.97. The molecule has 2 rings (SSSR count). The van der Waals surface area contributed by atoms with Crippen LogP contribution in [0.15, 0.2) is 41.3 Å². The average molecular weight is 399 g/mol. The smallest absolute Gasteiger partial charge is 0.262 e. The van der Waals surface area contributed by atoms with Crippen molar-refractivity contribution >= 4 is 38.9 Å². The molecule has 2 N–H and O–H groups in total. The first-order chi connectivity index (χ1) is 12.3. The van der Waals surface area contributed by atoms with Crippen LogP contribution in [0, 0.1) is 0 Å². The lowest BCUT2D eigenvalue weighted by Gasteiger charge is -2.14. The van der Waals surface area contributed by atoms with Gasteiger partial charge >= 0.3 is 0 Å². The second-order valence-corrected chi connectivity index (χ2v) is 7.33. The first-order valence-electron chi connectivity index (χ1n) is 7.65. The number of carbonyl (C=O) groups is 1. The van der Waals surface area contributed by atoms with Gasteiger partial charge in [0.25, 0.3) is 10.0 Å². The minimum atomic E-state index is -3.95. The topological polar surface area (TPSA) is 93.7 Å². The number of methoxy groups -OCH3 is 2. The molecule has 140 valence electrons. The van der Waals surface area contributed by atoms with E-state index in [2.05, 4.69) is 10.0 Å². The Bertz CT molecular complexity index is 915. The summed E-state index contributed by atoms with van der Waals surface area (Å²) >= 11 is 5.93. The molecule has 0 fully saturated rings. The Kier molecular flexibility index (Phi) is 6.33. The molecule has 0 spiro atoms. The van der Waals surface area contributed by atoms with E-state index < -0.39 is 10.0 Å². The quantitative estimate of drug-likeness (QED) is 0.744. The van der Waals surface area contributed by atoms with E-state index in [1.54, 1.807) is 19.1 Å². The molecule has 0 atom stereocenters. The number of amides is 1. The SMILES string of the molecule is CCC(=O)Nc1cc(S(=O)(=O)Nc2cc(Cl)ccc2OC)ccc1OC. The standard InChI is InChI=1S/C17H19ClN2O5S/c1-4-17(21)19-13-10-12(6-8-15(13)24-2)26(22,23)20-14-9-11(18)5-7-16(14)25-3/h5-10,20H,4H2,1-3H3,(H,19,21). The van der Waals surface area contributed by atoms with Gasteiger partial charge in [-0.05, 0) is 36.4 Å². The minimum absolute atomic E-state index is 0.0493. The molecule has 0 bridgehead atoms. The van der Waals surface area contributed by atoms with Gasteiger partial charge in [0.2, 0.25) is 5.91 Å². The predicted molar refractivity (Wildman–Crippen MR) is 101 cm³/mol. The zero-order valence-electron chi connectivity index (χ0n) is 14.5. The van der Waals surface area contributed by atoms with Crippen LogP contribution in [0.2, 0.25) is 5.02 Å². The first kappa shape index (κ1) is 19.9. The molecule has 1 amide bonds. The van der Waals surface area contributed by atoms with Crippen molar-refractivity contribution in [2.75, 3.05) is 24.3 Å². The second kappa shape index (κ2) is 8.29. The fraction of sp³-hybridized carbons (Fsp3) is 0.235. The molecule has 0 heterocycles. The molecular formula is C17H19ClN2O5S. The first-order valence-corrected chi connectivity index (χ1v) is 9.51. The van der Waals surface area contributed by atoms with Crippen LogP contribution in [0.4, 0.5) is 11.4 Å². The van der Waals surface area contributed by atoms with Crippen LogP contribution in [0.5, 0.6) is 11.5 Å². The van der Waals surface area contributed by atoms with Crippen molar-refractivity contribution in [3.05, 3.63) is 41.4 Å². The number of halogens is 1. The van der Waals surface area contributed by atoms with Gasteiger partial charge in [-0.3, -0.25) is 9.52 Å². The third-order valence-corrected chi connectivity index (χ3v) is 5.08. The molecule has 2 aromatic carbocycles. The van der Waals surface area contributed by atoms with E-state index in [-0.39, 0.29) is 28.6 Å². The summed E-state index contributed by atoms with van der Waals surface area (Å²) in [7, 11) is -1.09. The van der Waals surface area contributed by atoms with Crippen LogP contribution >= 0.6 is 11.6 Å². The summed E-state index contributed by atoms with van der Waals surface area (Å²) in [5.41, 5.74) is 0.468. The maximum atomic E-state index is 12.7. The number of anilines is 2. The Hall–Kier alpha value is -2.45. The highest BCUT2D eigenvalue weighted by molar-refractivity contribution is 7.92. The molecule has 0 unspecified atom stereocenters. The average Bonchev–Trinajstić information content (AvgIpc) is 2.61. The van der Waals surface area contributed by atoms with Crippen LogP contribution in [0.1, 0.15) is 13.3 Å². The van der Waals surface area contributed by atoms with Gasteiger partial charge in [0.15, 0.2) is 0 Å². The monoisotopic (exact) mass is 398 g/mol. The molecule has 7 nitrogen and oxygen atoms in total. The lowest BCUT2D eigenvalue weighted by molar-refractivity contribution is -0.115. The number of benzene rings is 2. The molecule has 0 aliphatic rings. The van der Waals surface area contributed by atoms with Crippen molar-refractivity contribution in [2.24, 2.45) is 0 Å². The lowest BCUT2D eigenvalue weighted by atomic mass is 10.3. The van der Waals surface area contributed by atoms with Gasteiger partial charge in [-0.15, -0.1) is 0 Å². The lowest BCUT2D eigenvalue weighted by Crippen LogP contribution is -2.15. The molecule has 0 aliphatic heterocycles. The van der Waals surface area contributed by atoms with E-state index in [1.165, 1.54) is 38.5 Å².